The number of ether oxygens (including phenoxy) is 1. The molecule has 82 valence electrons. The molecular weight excluding hydrogens is 197 g/mol. The summed E-state index contributed by atoms with van der Waals surface area (Å²) < 4.78 is 18.2. The smallest absolute Gasteiger partial charge is 0.219 e. The highest BCUT2D eigenvalue weighted by atomic mass is 19.1. The van der Waals surface area contributed by atoms with Crippen molar-refractivity contribution in [1.29, 1.82) is 0 Å². The van der Waals surface area contributed by atoms with Crippen molar-refractivity contribution in [3.8, 4) is 5.75 Å². The Morgan fingerprint density at radius 3 is 2.87 bits per heavy atom. The molecule has 0 aromatic heterocycles. The topological polar surface area (TPSA) is 38.3 Å². The first-order valence-corrected chi connectivity index (χ1v) is 4.88. The summed E-state index contributed by atoms with van der Waals surface area (Å²) in [7, 11) is 0. The number of carbonyl (C=O) groups excluding carboxylic acids is 1. The summed E-state index contributed by atoms with van der Waals surface area (Å²) in [5.74, 6) is -0.213. The molecule has 0 bridgehead atoms. The lowest BCUT2D eigenvalue weighted by molar-refractivity contribution is -0.120. The van der Waals surface area contributed by atoms with Crippen molar-refractivity contribution >= 4 is 5.91 Å². The summed E-state index contributed by atoms with van der Waals surface area (Å²) in [6, 6.07) is 6.18. The van der Waals surface area contributed by atoms with E-state index >= 15 is 0 Å². The molecule has 15 heavy (non-hydrogen) atoms. The van der Waals surface area contributed by atoms with Crippen molar-refractivity contribution < 1.29 is 13.9 Å². The molecule has 0 radical (unpaired) electrons. The van der Waals surface area contributed by atoms with Crippen LogP contribution < -0.4 is 10.1 Å². The van der Waals surface area contributed by atoms with E-state index in [1.54, 1.807) is 25.1 Å². The van der Waals surface area contributed by atoms with Gasteiger partial charge in [-0.05, 0) is 12.1 Å². The molecule has 1 rings (SSSR count). The largest absolute Gasteiger partial charge is 0.489 e. The zero-order chi connectivity index (χ0) is 11.1. The van der Waals surface area contributed by atoms with Gasteiger partial charge in [0.15, 0.2) is 11.6 Å². The predicted octanol–water partition coefficient (Wildman–Crippen LogP) is 1.73. The SMILES string of the molecule is CCC(=O)NCCOc1ccccc1F. The van der Waals surface area contributed by atoms with E-state index < -0.39 is 0 Å². The van der Waals surface area contributed by atoms with Crippen LogP contribution in [0.3, 0.4) is 0 Å². The Hall–Kier alpha value is -1.58. The normalized spacial score (nSPS) is 9.73. The lowest BCUT2D eigenvalue weighted by Gasteiger charge is -2.07. The fourth-order valence-corrected chi connectivity index (χ4v) is 1.04. The van der Waals surface area contributed by atoms with Gasteiger partial charge in [0, 0.05) is 6.42 Å². The fourth-order valence-electron chi connectivity index (χ4n) is 1.04. The zero-order valence-corrected chi connectivity index (χ0v) is 8.63. The minimum absolute atomic E-state index is 0.0351. The van der Waals surface area contributed by atoms with Gasteiger partial charge >= 0.3 is 0 Å². The number of hydrogen-bond donors (Lipinski definition) is 1. The first-order chi connectivity index (χ1) is 7.24. The average Bonchev–Trinajstić information content (AvgIpc) is 2.26. The van der Waals surface area contributed by atoms with Crippen LogP contribution in [0.4, 0.5) is 4.39 Å². The lowest BCUT2D eigenvalue weighted by atomic mass is 10.3. The average molecular weight is 211 g/mol. The first kappa shape index (κ1) is 11.5. The van der Waals surface area contributed by atoms with E-state index in [1.165, 1.54) is 6.07 Å². The van der Waals surface area contributed by atoms with Gasteiger partial charge in [-0.25, -0.2) is 4.39 Å². The molecule has 4 heteroatoms. The van der Waals surface area contributed by atoms with Crippen LogP contribution in [0.2, 0.25) is 0 Å². The molecule has 1 amide bonds. The van der Waals surface area contributed by atoms with E-state index in [0.29, 0.717) is 13.0 Å². The van der Waals surface area contributed by atoms with Crippen molar-refractivity contribution in [3.63, 3.8) is 0 Å². The summed E-state index contributed by atoms with van der Waals surface area (Å²) in [6.45, 7) is 2.43. The van der Waals surface area contributed by atoms with Gasteiger partial charge in [0.1, 0.15) is 6.61 Å². The third-order valence-electron chi connectivity index (χ3n) is 1.84. The number of hydrogen-bond acceptors (Lipinski definition) is 2. The Labute approximate surface area is 88.2 Å². The second-order valence-electron chi connectivity index (χ2n) is 2.98. The Morgan fingerprint density at radius 1 is 1.47 bits per heavy atom. The maximum atomic E-state index is 13.0. The van der Waals surface area contributed by atoms with E-state index in [9.17, 15) is 9.18 Å². The molecule has 0 aliphatic carbocycles. The lowest BCUT2D eigenvalue weighted by Crippen LogP contribution is -2.27. The minimum atomic E-state index is -0.390. The van der Waals surface area contributed by atoms with Crippen molar-refractivity contribution in [3.05, 3.63) is 30.1 Å². The van der Waals surface area contributed by atoms with Crippen molar-refractivity contribution in [2.75, 3.05) is 13.2 Å². The summed E-state index contributed by atoms with van der Waals surface area (Å²) in [6.07, 6.45) is 0.444. The third kappa shape index (κ3) is 3.97. The van der Waals surface area contributed by atoms with Crippen LogP contribution in [0.5, 0.6) is 5.75 Å². The Bertz CT molecular complexity index is 328. The monoisotopic (exact) mass is 211 g/mol. The molecule has 0 unspecified atom stereocenters. The Balaban J connectivity index is 2.26. The highest BCUT2D eigenvalue weighted by molar-refractivity contribution is 5.75. The molecule has 0 saturated heterocycles. The molecule has 0 spiro atoms. The highest BCUT2D eigenvalue weighted by Crippen LogP contribution is 2.14. The van der Waals surface area contributed by atoms with Crippen LogP contribution >= 0.6 is 0 Å². The minimum Gasteiger partial charge on any atom is -0.489 e. The van der Waals surface area contributed by atoms with Gasteiger partial charge in [0.25, 0.3) is 0 Å². The molecule has 0 heterocycles. The number of benzene rings is 1. The standard InChI is InChI=1S/C11H14FNO2/c1-2-11(14)13-7-8-15-10-6-4-3-5-9(10)12/h3-6H,2,7-8H2,1H3,(H,13,14). The van der Waals surface area contributed by atoms with E-state index in [2.05, 4.69) is 5.32 Å². The quantitative estimate of drug-likeness (QED) is 0.753. The zero-order valence-electron chi connectivity index (χ0n) is 8.63. The van der Waals surface area contributed by atoms with E-state index in [-0.39, 0.29) is 24.1 Å². The van der Waals surface area contributed by atoms with Gasteiger partial charge in [-0.15, -0.1) is 0 Å². The van der Waals surface area contributed by atoms with Crippen LogP contribution in [-0.2, 0) is 4.79 Å². The highest BCUT2D eigenvalue weighted by Gasteiger charge is 2.01. The first-order valence-electron chi connectivity index (χ1n) is 4.88. The number of nitrogens with one attached hydrogen (secondary N) is 1. The number of halogens is 1. The van der Waals surface area contributed by atoms with Crippen LogP contribution in [0, 0.1) is 5.82 Å². The van der Waals surface area contributed by atoms with Crippen LogP contribution in [0.15, 0.2) is 24.3 Å². The Morgan fingerprint density at radius 2 is 2.20 bits per heavy atom. The van der Waals surface area contributed by atoms with Gasteiger partial charge in [0.2, 0.25) is 5.91 Å². The third-order valence-corrected chi connectivity index (χ3v) is 1.84. The molecule has 0 fully saturated rings. The van der Waals surface area contributed by atoms with E-state index in [4.69, 9.17) is 4.74 Å². The molecular formula is C11H14FNO2. The summed E-state index contributed by atoms with van der Waals surface area (Å²) in [5, 5.41) is 2.64. The van der Waals surface area contributed by atoms with E-state index in [1.807, 2.05) is 0 Å². The number of carbonyl (C=O) groups is 1. The van der Waals surface area contributed by atoms with Gasteiger partial charge in [-0.3, -0.25) is 4.79 Å². The second kappa shape index (κ2) is 6.01. The molecule has 0 aliphatic heterocycles. The summed E-state index contributed by atoms with van der Waals surface area (Å²) in [5.41, 5.74) is 0. The maximum Gasteiger partial charge on any atom is 0.219 e. The predicted molar refractivity (Wildman–Crippen MR) is 55.2 cm³/mol. The fraction of sp³-hybridized carbons (Fsp3) is 0.364. The summed E-state index contributed by atoms with van der Waals surface area (Å²) in [4.78, 5) is 10.8. The van der Waals surface area contributed by atoms with E-state index in [0.717, 1.165) is 0 Å². The van der Waals surface area contributed by atoms with Crippen LogP contribution in [0.25, 0.3) is 0 Å². The van der Waals surface area contributed by atoms with Crippen LogP contribution in [0.1, 0.15) is 13.3 Å². The maximum absolute atomic E-state index is 13.0. The molecule has 1 aromatic rings. The molecule has 1 aromatic carbocycles. The Kier molecular flexibility index (Phi) is 4.60. The second-order valence-corrected chi connectivity index (χ2v) is 2.98. The van der Waals surface area contributed by atoms with Crippen molar-refractivity contribution in [2.45, 2.75) is 13.3 Å². The number of para-hydroxylation sites is 1. The molecule has 1 N–H and O–H groups in total. The molecule has 0 atom stereocenters. The molecule has 3 nitrogen and oxygen atoms in total. The molecule has 0 aliphatic rings. The van der Waals surface area contributed by atoms with Gasteiger partial charge in [-0.1, -0.05) is 19.1 Å². The summed E-state index contributed by atoms with van der Waals surface area (Å²) >= 11 is 0. The number of rotatable bonds is 5. The van der Waals surface area contributed by atoms with Crippen LogP contribution in [-0.4, -0.2) is 19.1 Å². The van der Waals surface area contributed by atoms with Gasteiger partial charge < -0.3 is 10.1 Å². The van der Waals surface area contributed by atoms with Gasteiger partial charge in [-0.2, -0.15) is 0 Å². The molecule has 0 saturated carbocycles. The van der Waals surface area contributed by atoms with Crippen molar-refractivity contribution in [2.24, 2.45) is 0 Å². The van der Waals surface area contributed by atoms with Gasteiger partial charge in [0.05, 0.1) is 6.54 Å². The number of amides is 1. The van der Waals surface area contributed by atoms with Crippen molar-refractivity contribution in [1.82, 2.24) is 5.32 Å².